The summed E-state index contributed by atoms with van der Waals surface area (Å²) in [5.41, 5.74) is 2.03. The predicted molar refractivity (Wildman–Crippen MR) is 74.7 cm³/mol. The summed E-state index contributed by atoms with van der Waals surface area (Å²) in [6, 6.07) is 5.94. The zero-order valence-corrected chi connectivity index (χ0v) is 11.4. The fraction of sp³-hybridized carbons (Fsp3) is 0.600. The molecule has 3 heteroatoms. The molecule has 1 aromatic rings. The second-order valence-electron chi connectivity index (χ2n) is 5.20. The van der Waals surface area contributed by atoms with Crippen LogP contribution < -0.4 is 10.2 Å². The highest BCUT2D eigenvalue weighted by Crippen LogP contribution is 2.22. The van der Waals surface area contributed by atoms with Crippen molar-refractivity contribution in [3.8, 4) is 0 Å². The lowest BCUT2D eigenvalue weighted by atomic mass is 10.0. The van der Waals surface area contributed by atoms with Gasteiger partial charge in [0.2, 0.25) is 0 Å². The molecule has 18 heavy (non-hydrogen) atoms. The summed E-state index contributed by atoms with van der Waals surface area (Å²) in [6.45, 7) is 7.28. The van der Waals surface area contributed by atoms with Gasteiger partial charge in [0, 0.05) is 24.8 Å². The van der Waals surface area contributed by atoms with Crippen molar-refractivity contribution in [3.05, 3.63) is 29.6 Å². The molecule has 1 aliphatic rings. The average Bonchev–Trinajstić information content (AvgIpc) is 2.36. The Morgan fingerprint density at radius 2 is 2.00 bits per heavy atom. The van der Waals surface area contributed by atoms with Gasteiger partial charge in [0.15, 0.2) is 0 Å². The van der Waals surface area contributed by atoms with Crippen LogP contribution in [0, 0.1) is 12.7 Å². The number of halogens is 1. The van der Waals surface area contributed by atoms with Crippen LogP contribution in [0.5, 0.6) is 0 Å². The van der Waals surface area contributed by atoms with Crippen molar-refractivity contribution in [1.82, 2.24) is 5.32 Å². The van der Waals surface area contributed by atoms with Crippen LogP contribution in [0.1, 0.15) is 31.7 Å². The first-order valence-electron chi connectivity index (χ1n) is 6.94. The molecule has 100 valence electrons. The molecule has 1 aromatic carbocycles. The summed E-state index contributed by atoms with van der Waals surface area (Å²) in [6.07, 6.45) is 3.48. The summed E-state index contributed by atoms with van der Waals surface area (Å²) in [5, 5.41) is 3.57. The number of rotatable bonds is 4. The first-order valence-corrected chi connectivity index (χ1v) is 6.94. The van der Waals surface area contributed by atoms with Crippen molar-refractivity contribution in [3.63, 3.8) is 0 Å². The Kier molecular flexibility index (Phi) is 4.59. The van der Waals surface area contributed by atoms with Crippen LogP contribution in [-0.2, 0) is 0 Å². The Hall–Kier alpha value is -1.09. The van der Waals surface area contributed by atoms with Gasteiger partial charge < -0.3 is 10.2 Å². The van der Waals surface area contributed by atoms with Gasteiger partial charge in [0.05, 0.1) is 0 Å². The standard InChI is InChI=1S/C15H23FN2/c1-3-6-17-14-4-7-18(8-5-14)15-10-12(2)9-13(16)11-15/h9-11,14,17H,3-8H2,1-2H3. The highest BCUT2D eigenvalue weighted by Gasteiger charge is 2.19. The van der Waals surface area contributed by atoms with Crippen molar-refractivity contribution in [2.75, 3.05) is 24.5 Å². The fourth-order valence-electron chi connectivity index (χ4n) is 2.59. The average molecular weight is 250 g/mol. The first kappa shape index (κ1) is 13.3. The van der Waals surface area contributed by atoms with E-state index >= 15 is 0 Å². The molecule has 1 saturated heterocycles. The van der Waals surface area contributed by atoms with Crippen LogP contribution in [-0.4, -0.2) is 25.7 Å². The Morgan fingerprint density at radius 3 is 2.61 bits per heavy atom. The van der Waals surface area contributed by atoms with Gasteiger partial charge in [-0.15, -0.1) is 0 Å². The molecule has 0 spiro atoms. The van der Waals surface area contributed by atoms with Crippen molar-refractivity contribution < 1.29 is 4.39 Å². The maximum Gasteiger partial charge on any atom is 0.125 e. The summed E-state index contributed by atoms with van der Waals surface area (Å²) >= 11 is 0. The van der Waals surface area contributed by atoms with Crippen LogP contribution in [0.15, 0.2) is 18.2 Å². The van der Waals surface area contributed by atoms with E-state index in [1.54, 1.807) is 12.1 Å². The monoisotopic (exact) mass is 250 g/mol. The van der Waals surface area contributed by atoms with Gasteiger partial charge in [0.25, 0.3) is 0 Å². The summed E-state index contributed by atoms with van der Waals surface area (Å²) in [7, 11) is 0. The minimum Gasteiger partial charge on any atom is -0.371 e. The normalized spacial score (nSPS) is 17.2. The molecule has 1 heterocycles. The minimum atomic E-state index is -0.128. The fourth-order valence-corrected chi connectivity index (χ4v) is 2.59. The molecule has 0 aliphatic carbocycles. The molecule has 0 radical (unpaired) electrons. The van der Waals surface area contributed by atoms with Crippen LogP contribution in [0.25, 0.3) is 0 Å². The lowest BCUT2D eigenvalue weighted by Gasteiger charge is -2.34. The maximum absolute atomic E-state index is 13.4. The molecule has 1 aliphatic heterocycles. The van der Waals surface area contributed by atoms with Gasteiger partial charge in [-0.3, -0.25) is 0 Å². The summed E-state index contributed by atoms with van der Waals surface area (Å²) in [4.78, 5) is 2.29. The van der Waals surface area contributed by atoms with Crippen LogP contribution in [0.2, 0.25) is 0 Å². The van der Waals surface area contributed by atoms with Crippen LogP contribution in [0.3, 0.4) is 0 Å². The Labute approximate surface area is 109 Å². The largest absolute Gasteiger partial charge is 0.371 e. The number of aryl methyl sites for hydroxylation is 1. The number of anilines is 1. The Morgan fingerprint density at radius 1 is 1.28 bits per heavy atom. The van der Waals surface area contributed by atoms with E-state index in [0.717, 1.165) is 43.7 Å². The lowest BCUT2D eigenvalue weighted by molar-refractivity contribution is 0.415. The van der Waals surface area contributed by atoms with E-state index < -0.39 is 0 Å². The Balaban J connectivity index is 1.92. The second kappa shape index (κ2) is 6.19. The van der Waals surface area contributed by atoms with E-state index in [4.69, 9.17) is 0 Å². The topological polar surface area (TPSA) is 15.3 Å². The lowest BCUT2D eigenvalue weighted by Crippen LogP contribution is -2.42. The van der Waals surface area contributed by atoms with E-state index in [9.17, 15) is 4.39 Å². The zero-order chi connectivity index (χ0) is 13.0. The predicted octanol–water partition coefficient (Wildman–Crippen LogP) is 3.10. The number of piperidine rings is 1. The molecular formula is C15H23FN2. The molecule has 2 rings (SSSR count). The van der Waals surface area contributed by atoms with Crippen molar-refractivity contribution in [2.24, 2.45) is 0 Å². The van der Waals surface area contributed by atoms with E-state index in [1.165, 1.54) is 6.42 Å². The third kappa shape index (κ3) is 3.45. The molecule has 2 nitrogen and oxygen atoms in total. The van der Waals surface area contributed by atoms with Gasteiger partial charge in [-0.2, -0.15) is 0 Å². The molecule has 0 unspecified atom stereocenters. The molecule has 0 aromatic heterocycles. The van der Waals surface area contributed by atoms with Gasteiger partial charge in [-0.25, -0.2) is 4.39 Å². The van der Waals surface area contributed by atoms with Crippen molar-refractivity contribution in [2.45, 2.75) is 39.2 Å². The smallest absolute Gasteiger partial charge is 0.125 e. The number of hydrogen-bond acceptors (Lipinski definition) is 2. The van der Waals surface area contributed by atoms with E-state index in [2.05, 4.69) is 23.2 Å². The number of nitrogens with one attached hydrogen (secondary N) is 1. The molecule has 1 fully saturated rings. The van der Waals surface area contributed by atoms with Gasteiger partial charge in [-0.05, 0) is 56.5 Å². The number of benzene rings is 1. The van der Waals surface area contributed by atoms with Gasteiger partial charge in [0.1, 0.15) is 5.82 Å². The second-order valence-corrected chi connectivity index (χ2v) is 5.20. The highest BCUT2D eigenvalue weighted by molar-refractivity contribution is 5.49. The van der Waals surface area contributed by atoms with E-state index in [1.807, 2.05) is 6.92 Å². The highest BCUT2D eigenvalue weighted by atomic mass is 19.1. The Bertz CT molecular complexity index is 364. The zero-order valence-electron chi connectivity index (χ0n) is 11.4. The SMILES string of the molecule is CCCNC1CCN(c2cc(C)cc(F)c2)CC1. The molecular weight excluding hydrogens is 227 g/mol. The quantitative estimate of drug-likeness (QED) is 0.883. The van der Waals surface area contributed by atoms with Crippen LogP contribution in [0.4, 0.5) is 10.1 Å². The molecule has 0 atom stereocenters. The maximum atomic E-state index is 13.4. The van der Waals surface area contributed by atoms with Gasteiger partial charge >= 0.3 is 0 Å². The number of nitrogens with zero attached hydrogens (tertiary/aromatic N) is 1. The van der Waals surface area contributed by atoms with Gasteiger partial charge in [-0.1, -0.05) is 6.92 Å². The molecule has 1 N–H and O–H groups in total. The summed E-state index contributed by atoms with van der Waals surface area (Å²) in [5.74, 6) is -0.128. The van der Waals surface area contributed by atoms with Crippen molar-refractivity contribution >= 4 is 5.69 Å². The van der Waals surface area contributed by atoms with Crippen LogP contribution >= 0.6 is 0 Å². The molecule has 0 bridgehead atoms. The number of hydrogen-bond donors (Lipinski definition) is 1. The third-order valence-electron chi connectivity index (χ3n) is 3.57. The van der Waals surface area contributed by atoms with E-state index in [-0.39, 0.29) is 5.82 Å². The summed E-state index contributed by atoms with van der Waals surface area (Å²) < 4.78 is 13.4. The molecule has 0 saturated carbocycles. The third-order valence-corrected chi connectivity index (χ3v) is 3.57. The first-order chi connectivity index (χ1) is 8.69. The van der Waals surface area contributed by atoms with E-state index in [0.29, 0.717) is 6.04 Å². The molecule has 0 amide bonds. The minimum absolute atomic E-state index is 0.128. The van der Waals surface area contributed by atoms with Crippen molar-refractivity contribution in [1.29, 1.82) is 0 Å².